The van der Waals surface area contributed by atoms with Crippen LogP contribution in [0.2, 0.25) is 19.6 Å². The number of rotatable bonds is 5. The molecule has 0 atom stereocenters. The van der Waals surface area contributed by atoms with Crippen LogP contribution in [-0.4, -0.2) is 35.2 Å². The molecule has 0 bridgehead atoms. The van der Waals surface area contributed by atoms with Crippen LogP contribution in [0.5, 0.6) is 0 Å². The molecule has 120 valence electrons. The van der Waals surface area contributed by atoms with Gasteiger partial charge in [0.1, 0.15) is 5.54 Å². The van der Waals surface area contributed by atoms with Gasteiger partial charge in [0.25, 0.3) is 0 Å². The number of benzene rings is 1. The van der Waals surface area contributed by atoms with E-state index in [0.717, 1.165) is 5.56 Å². The molecule has 0 saturated carbocycles. The molecule has 1 aliphatic rings. The maximum absolute atomic E-state index is 13.0. The molecular weight excluding hydrogens is 292 g/mol. The molecule has 0 N–H and O–H groups in total. The second-order valence-electron chi connectivity index (χ2n) is 6.90. The summed E-state index contributed by atoms with van der Waals surface area (Å²) in [5.41, 5.74) is 0.375. The van der Waals surface area contributed by atoms with Gasteiger partial charge in [0.2, 0.25) is 5.91 Å². The molecule has 1 heterocycles. The van der Waals surface area contributed by atoms with Crippen molar-refractivity contribution in [2.75, 3.05) is 0 Å². The van der Waals surface area contributed by atoms with Gasteiger partial charge in [-0.2, -0.15) is 0 Å². The molecule has 1 aromatic rings. The molecule has 3 amide bonds. The molecule has 1 saturated heterocycles. The summed E-state index contributed by atoms with van der Waals surface area (Å²) in [7, 11) is -2.04. The highest BCUT2D eigenvalue weighted by molar-refractivity contribution is 6.78. The van der Waals surface area contributed by atoms with Crippen molar-refractivity contribution in [1.29, 1.82) is 0 Å². The average molecular weight is 318 g/mol. The van der Waals surface area contributed by atoms with Crippen LogP contribution in [0.15, 0.2) is 30.3 Å². The number of carbonyl (C=O) groups excluding carboxylic acids is 2. The lowest BCUT2D eigenvalue weighted by Gasteiger charge is -2.33. The number of amides is 3. The first kappa shape index (κ1) is 16.7. The summed E-state index contributed by atoms with van der Waals surface area (Å²) in [6.45, 7) is 10.6. The third kappa shape index (κ3) is 2.58. The number of nitrogens with zero attached hydrogens (tertiary/aromatic N) is 2. The second-order valence-corrected chi connectivity index (χ2v) is 11.7. The van der Waals surface area contributed by atoms with E-state index in [1.54, 1.807) is 9.47 Å². The molecule has 1 aliphatic heterocycles. The van der Waals surface area contributed by atoms with Crippen LogP contribution in [0.25, 0.3) is 0 Å². The first-order chi connectivity index (χ1) is 10.3. The zero-order valence-corrected chi connectivity index (χ0v) is 15.2. The lowest BCUT2D eigenvalue weighted by atomic mass is 9.91. The Morgan fingerprint density at radius 3 is 2.00 bits per heavy atom. The molecule has 5 heteroatoms. The largest absolute Gasteiger partial charge is 0.319 e. The van der Waals surface area contributed by atoms with E-state index in [9.17, 15) is 9.59 Å². The fourth-order valence-corrected chi connectivity index (χ4v) is 4.74. The van der Waals surface area contributed by atoms with E-state index in [2.05, 4.69) is 0 Å². The lowest BCUT2D eigenvalue weighted by molar-refractivity contribution is -0.131. The van der Waals surface area contributed by atoms with Gasteiger partial charge in [-0.25, -0.2) is 4.79 Å². The average Bonchev–Trinajstić information content (AvgIpc) is 2.68. The first-order valence-corrected chi connectivity index (χ1v) is 11.4. The topological polar surface area (TPSA) is 40.6 Å². The third-order valence-electron chi connectivity index (χ3n) is 4.56. The summed E-state index contributed by atoms with van der Waals surface area (Å²) >= 11 is 0. The van der Waals surface area contributed by atoms with Crippen LogP contribution >= 0.6 is 0 Å². The quantitative estimate of drug-likeness (QED) is 0.611. The maximum Gasteiger partial charge on any atom is 0.319 e. The minimum atomic E-state index is -2.04. The molecule has 4 nitrogen and oxygen atoms in total. The Morgan fingerprint density at radius 1 is 1.00 bits per heavy atom. The summed E-state index contributed by atoms with van der Waals surface area (Å²) in [6, 6.07) is 9.79. The normalized spacial score (nSPS) is 18.2. The predicted molar refractivity (Wildman–Crippen MR) is 90.9 cm³/mol. The number of urea groups is 1. The van der Waals surface area contributed by atoms with Gasteiger partial charge in [0, 0.05) is 6.54 Å². The minimum absolute atomic E-state index is 0.00222. The third-order valence-corrected chi connectivity index (χ3v) is 6.30. The van der Waals surface area contributed by atoms with Gasteiger partial charge in [-0.3, -0.25) is 9.36 Å². The van der Waals surface area contributed by atoms with Gasteiger partial charge in [0.05, 0.1) is 0 Å². The fourth-order valence-electron chi connectivity index (χ4n) is 3.22. The fraction of sp³-hybridized carbons (Fsp3) is 0.529. The standard InChI is InChI=1S/C17H26N2O2Si/c1-6-17(7-2)15(20)19(22(3,4)5)16(21)18(17)13-14-11-9-8-10-12-14/h8-12H,6-7,13H2,1-5H3. The number of hydrogen-bond donors (Lipinski definition) is 0. The van der Waals surface area contributed by atoms with Crippen molar-refractivity contribution in [3.63, 3.8) is 0 Å². The Kier molecular flexibility index (Phi) is 4.47. The van der Waals surface area contributed by atoms with Crippen LogP contribution in [0.3, 0.4) is 0 Å². The predicted octanol–water partition coefficient (Wildman–Crippen LogP) is 3.84. The summed E-state index contributed by atoms with van der Waals surface area (Å²) in [5.74, 6) is -0.00222. The first-order valence-electron chi connectivity index (χ1n) is 7.98. The van der Waals surface area contributed by atoms with Crippen LogP contribution in [0.1, 0.15) is 32.3 Å². The zero-order chi connectivity index (χ0) is 16.5. The van der Waals surface area contributed by atoms with Crippen molar-refractivity contribution < 1.29 is 9.59 Å². The highest BCUT2D eigenvalue weighted by Gasteiger charge is 2.57. The van der Waals surface area contributed by atoms with Crippen LogP contribution in [0.4, 0.5) is 4.79 Å². The highest BCUT2D eigenvalue weighted by Crippen LogP contribution is 2.37. The molecule has 0 spiro atoms. The van der Waals surface area contributed by atoms with Gasteiger partial charge in [0.15, 0.2) is 8.24 Å². The van der Waals surface area contributed by atoms with Gasteiger partial charge in [-0.05, 0) is 18.4 Å². The zero-order valence-electron chi connectivity index (χ0n) is 14.2. The number of carbonyl (C=O) groups is 2. The van der Waals surface area contributed by atoms with Crippen molar-refractivity contribution >= 4 is 20.2 Å². The second kappa shape index (κ2) is 5.87. The smallest absolute Gasteiger partial charge is 0.306 e. The van der Waals surface area contributed by atoms with Crippen LogP contribution in [-0.2, 0) is 11.3 Å². The Bertz CT molecular complexity index is 562. The monoisotopic (exact) mass is 318 g/mol. The van der Waals surface area contributed by atoms with E-state index in [-0.39, 0.29) is 11.9 Å². The Morgan fingerprint density at radius 2 is 1.55 bits per heavy atom. The molecular formula is C17H26N2O2Si. The Labute approximate surface area is 134 Å². The molecule has 22 heavy (non-hydrogen) atoms. The highest BCUT2D eigenvalue weighted by atomic mass is 28.3. The summed E-state index contributed by atoms with van der Waals surface area (Å²) in [5, 5.41) is 0. The van der Waals surface area contributed by atoms with Crippen molar-refractivity contribution in [2.45, 2.75) is 58.4 Å². The molecule has 0 radical (unpaired) electrons. The SMILES string of the molecule is CCC1(CC)C(=O)N([Si](C)(C)C)C(=O)N1Cc1ccccc1. The van der Waals surface area contributed by atoms with E-state index < -0.39 is 13.8 Å². The van der Waals surface area contributed by atoms with E-state index in [1.165, 1.54) is 0 Å². The van der Waals surface area contributed by atoms with E-state index in [0.29, 0.717) is 19.4 Å². The summed E-state index contributed by atoms with van der Waals surface area (Å²) in [4.78, 5) is 27.8. The molecule has 2 rings (SSSR count). The molecule has 0 aromatic heterocycles. The maximum atomic E-state index is 13.0. The molecule has 1 aromatic carbocycles. The summed E-state index contributed by atoms with van der Waals surface area (Å²) < 4.78 is 1.57. The van der Waals surface area contributed by atoms with Crippen molar-refractivity contribution in [3.8, 4) is 0 Å². The van der Waals surface area contributed by atoms with Gasteiger partial charge >= 0.3 is 6.03 Å². The van der Waals surface area contributed by atoms with Crippen molar-refractivity contribution in [3.05, 3.63) is 35.9 Å². The Balaban J connectivity index is 2.45. The minimum Gasteiger partial charge on any atom is -0.306 e. The van der Waals surface area contributed by atoms with Crippen molar-refractivity contribution in [1.82, 2.24) is 9.47 Å². The number of imide groups is 1. The van der Waals surface area contributed by atoms with Crippen LogP contribution < -0.4 is 0 Å². The van der Waals surface area contributed by atoms with E-state index >= 15 is 0 Å². The molecule has 0 unspecified atom stereocenters. The van der Waals surface area contributed by atoms with Crippen molar-refractivity contribution in [2.24, 2.45) is 0 Å². The number of hydrogen-bond acceptors (Lipinski definition) is 2. The lowest BCUT2D eigenvalue weighted by Crippen LogP contribution is -2.52. The molecule has 0 aliphatic carbocycles. The van der Waals surface area contributed by atoms with E-state index in [1.807, 2.05) is 63.8 Å². The van der Waals surface area contributed by atoms with Crippen LogP contribution in [0, 0.1) is 0 Å². The Hall–Kier alpha value is -1.62. The van der Waals surface area contributed by atoms with E-state index in [4.69, 9.17) is 0 Å². The van der Waals surface area contributed by atoms with Gasteiger partial charge in [-0.15, -0.1) is 0 Å². The van der Waals surface area contributed by atoms with Gasteiger partial charge < -0.3 is 4.90 Å². The molecule has 1 fully saturated rings. The van der Waals surface area contributed by atoms with Gasteiger partial charge in [-0.1, -0.05) is 63.8 Å². The summed E-state index contributed by atoms with van der Waals surface area (Å²) in [6.07, 6.45) is 1.31.